The highest BCUT2D eigenvalue weighted by Gasteiger charge is 2.15. The summed E-state index contributed by atoms with van der Waals surface area (Å²) in [5.74, 6) is 0.781. The van der Waals surface area contributed by atoms with Gasteiger partial charge in [0.05, 0.1) is 19.4 Å². The number of methoxy groups -OCH3 is 1. The number of aryl methyl sites for hydroxylation is 1. The van der Waals surface area contributed by atoms with Crippen LogP contribution < -0.4 is 4.74 Å². The van der Waals surface area contributed by atoms with Crippen LogP contribution in [0, 0.1) is 6.92 Å². The van der Waals surface area contributed by atoms with E-state index in [-0.39, 0.29) is 6.61 Å². The van der Waals surface area contributed by atoms with Crippen LogP contribution in [-0.2, 0) is 6.61 Å². The number of ether oxygens (including phenoxy) is 1. The highest BCUT2D eigenvalue weighted by atomic mass is 16.5. The molecular formula is C17H17N3O2. The Morgan fingerprint density at radius 3 is 2.32 bits per heavy atom. The molecule has 3 rings (SSSR count). The van der Waals surface area contributed by atoms with Crippen LogP contribution >= 0.6 is 0 Å². The van der Waals surface area contributed by atoms with Gasteiger partial charge >= 0.3 is 0 Å². The lowest BCUT2D eigenvalue weighted by Crippen LogP contribution is -2.00. The Labute approximate surface area is 128 Å². The van der Waals surface area contributed by atoms with Crippen LogP contribution in [0.4, 0.5) is 0 Å². The van der Waals surface area contributed by atoms with Gasteiger partial charge in [-0.2, -0.15) is 0 Å². The standard InChI is InChI=1S/C17H17N3O2/c1-12-3-5-13(6-4-12)17-16(11-21)18-19-20(17)14-7-9-15(22-2)10-8-14/h3-10,21H,11H2,1-2H3. The summed E-state index contributed by atoms with van der Waals surface area (Å²) in [6.07, 6.45) is 0. The average Bonchev–Trinajstić information content (AvgIpc) is 2.99. The number of nitrogens with zero attached hydrogens (tertiary/aromatic N) is 3. The van der Waals surface area contributed by atoms with Crippen molar-refractivity contribution in [2.45, 2.75) is 13.5 Å². The van der Waals surface area contributed by atoms with Crippen LogP contribution in [0.3, 0.4) is 0 Å². The van der Waals surface area contributed by atoms with E-state index in [4.69, 9.17) is 4.74 Å². The number of benzene rings is 2. The molecule has 0 aliphatic carbocycles. The molecule has 1 heterocycles. The summed E-state index contributed by atoms with van der Waals surface area (Å²) in [4.78, 5) is 0. The van der Waals surface area contributed by atoms with Crippen molar-refractivity contribution in [1.82, 2.24) is 15.0 Å². The molecule has 5 nitrogen and oxygen atoms in total. The van der Waals surface area contributed by atoms with Crippen LogP contribution in [0.5, 0.6) is 5.75 Å². The maximum absolute atomic E-state index is 9.54. The van der Waals surface area contributed by atoms with E-state index in [0.717, 1.165) is 22.7 Å². The van der Waals surface area contributed by atoms with Crippen molar-refractivity contribution in [3.8, 4) is 22.7 Å². The van der Waals surface area contributed by atoms with E-state index in [2.05, 4.69) is 10.3 Å². The Balaban J connectivity index is 2.11. The van der Waals surface area contributed by atoms with Crippen LogP contribution in [0.2, 0.25) is 0 Å². The van der Waals surface area contributed by atoms with Crippen LogP contribution in [0.25, 0.3) is 16.9 Å². The molecule has 0 aliphatic rings. The van der Waals surface area contributed by atoms with E-state index in [1.807, 2.05) is 55.5 Å². The Morgan fingerprint density at radius 2 is 1.73 bits per heavy atom. The second kappa shape index (κ2) is 5.99. The highest BCUT2D eigenvalue weighted by Crippen LogP contribution is 2.26. The van der Waals surface area contributed by atoms with Gasteiger partial charge in [-0.25, -0.2) is 4.68 Å². The molecule has 0 radical (unpaired) electrons. The van der Waals surface area contributed by atoms with Gasteiger partial charge < -0.3 is 9.84 Å². The van der Waals surface area contributed by atoms with Crippen LogP contribution in [0.15, 0.2) is 48.5 Å². The third-order valence-electron chi connectivity index (χ3n) is 3.53. The SMILES string of the molecule is COc1ccc(-n2nnc(CO)c2-c2ccc(C)cc2)cc1. The predicted molar refractivity (Wildman–Crippen MR) is 84.0 cm³/mol. The quantitative estimate of drug-likeness (QED) is 0.804. The number of hydrogen-bond acceptors (Lipinski definition) is 4. The Kier molecular flexibility index (Phi) is 3.89. The molecule has 5 heteroatoms. The topological polar surface area (TPSA) is 60.2 Å². The van der Waals surface area contributed by atoms with Gasteiger partial charge in [0.15, 0.2) is 0 Å². The van der Waals surface area contributed by atoms with Gasteiger partial charge in [-0.15, -0.1) is 5.10 Å². The summed E-state index contributed by atoms with van der Waals surface area (Å²) in [6, 6.07) is 15.6. The minimum atomic E-state index is -0.153. The molecule has 0 saturated heterocycles. The maximum atomic E-state index is 9.54. The van der Waals surface area contributed by atoms with Gasteiger partial charge in [-0.3, -0.25) is 0 Å². The van der Waals surface area contributed by atoms with Crippen molar-refractivity contribution in [3.05, 3.63) is 59.8 Å². The van der Waals surface area contributed by atoms with E-state index >= 15 is 0 Å². The van der Waals surface area contributed by atoms with Gasteiger partial charge in [-0.1, -0.05) is 35.0 Å². The second-order valence-corrected chi connectivity index (χ2v) is 5.02. The molecule has 3 aromatic rings. The molecule has 0 spiro atoms. The molecule has 2 aromatic carbocycles. The number of rotatable bonds is 4. The molecule has 112 valence electrons. The molecule has 0 aliphatic heterocycles. The Bertz CT molecular complexity index is 762. The fraction of sp³-hybridized carbons (Fsp3) is 0.176. The van der Waals surface area contributed by atoms with Crippen molar-refractivity contribution in [1.29, 1.82) is 0 Å². The second-order valence-electron chi connectivity index (χ2n) is 5.02. The lowest BCUT2D eigenvalue weighted by atomic mass is 10.1. The van der Waals surface area contributed by atoms with Gasteiger partial charge in [0.2, 0.25) is 0 Å². The largest absolute Gasteiger partial charge is 0.497 e. The monoisotopic (exact) mass is 295 g/mol. The van der Waals surface area contributed by atoms with E-state index in [0.29, 0.717) is 5.69 Å². The van der Waals surface area contributed by atoms with Crippen molar-refractivity contribution >= 4 is 0 Å². The number of hydrogen-bond donors (Lipinski definition) is 1. The first kappa shape index (κ1) is 14.3. The number of aliphatic hydroxyl groups excluding tert-OH is 1. The minimum absolute atomic E-state index is 0.153. The lowest BCUT2D eigenvalue weighted by Gasteiger charge is -2.09. The van der Waals surface area contributed by atoms with Crippen LogP contribution in [0.1, 0.15) is 11.3 Å². The average molecular weight is 295 g/mol. The smallest absolute Gasteiger partial charge is 0.119 e. The van der Waals surface area contributed by atoms with Crippen molar-refractivity contribution in [2.24, 2.45) is 0 Å². The molecule has 0 amide bonds. The third-order valence-corrected chi connectivity index (χ3v) is 3.53. The molecule has 0 unspecified atom stereocenters. The highest BCUT2D eigenvalue weighted by molar-refractivity contribution is 5.64. The Hall–Kier alpha value is -2.66. The fourth-order valence-corrected chi connectivity index (χ4v) is 2.32. The van der Waals surface area contributed by atoms with Gasteiger partial charge in [0.25, 0.3) is 0 Å². The molecule has 1 aromatic heterocycles. The van der Waals surface area contributed by atoms with E-state index in [1.54, 1.807) is 11.8 Å². The van der Waals surface area contributed by atoms with Crippen LogP contribution in [-0.4, -0.2) is 27.2 Å². The summed E-state index contributed by atoms with van der Waals surface area (Å²) < 4.78 is 6.91. The predicted octanol–water partition coefficient (Wildman–Crippen LogP) is 2.74. The minimum Gasteiger partial charge on any atom is -0.497 e. The zero-order valence-corrected chi connectivity index (χ0v) is 12.5. The first-order chi connectivity index (χ1) is 10.7. The summed E-state index contributed by atoms with van der Waals surface area (Å²) in [7, 11) is 1.63. The molecule has 0 saturated carbocycles. The summed E-state index contributed by atoms with van der Waals surface area (Å²) in [5, 5.41) is 17.8. The van der Waals surface area contributed by atoms with E-state index in [9.17, 15) is 5.11 Å². The maximum Gasteiger partial charge on any atom is 0.119 e. The molecule has 0 fully saturated rings. The van der Waals surface area contributed by atoms with Gasteiger partial charge in [0, 0.05) is 5.56 Å². The third kappa shape index (κ3) is 2.58. The molecule has 1 N–H and O–H groups in total. The molecule has 0 atom stereocenters. The molecular weight excluding hydrogens is 278 g/mol. The normalized spacial score (nSPS) is 10.7. The summed E-state index contributed by atoms with van der Waals surface area (Å²) >= 11 is 0. The lowest BCUT2D eigenvalue weighted by molar-refractivity contribution is 0.277. The zero-order chi connectivity index (χ0) is 15.5. The van der Waals surface area contributed by atoms with Crippen molar-refractivity contribution in [2.75, 3.05) is 7.11 Å². The van der Waals surface area contributed by atoms with E-state index < -0.39 is 0 Å². The first-order valence-corrected chi connectivity index (χ1v) is 7.00. The first-order valence-electron chi connectivity index (χ1n) is 7.00. The van der Waals surface area contributed by atoms with E-state index in [1.165, 1.54) is 5.56 Å². The van der Waals surface area contributed by atoms with Gasteiger partial charge in [0.1, 0.15) is 17.1 Å². The van der Waals surface area contributed by atoms with Gasteiger partial charge in [-0.05, 0) is 31.2 Å². The zero-order valence-electron chi connectivity index (χ0n) is 12.5. The number of aromatic nitrogens is 3. The molecule has 0 bridgehead atoms. The molecule has 22 heavy (non-hydrogen) atoms. The van der Waals surface area contributed by atoms with Crippen molar-refractivity contribution < 1.29 is 9.84 Å². The fourth-order valence-electron chi connectivity index (χ4n) is 2.32. The number of aliphatic hydroxyl groups is 1. The summed E-state index contributed by atoms with van der Waals surface area (Å²) in [5.41, 5.74) is 4.36. The Morgan fingerprint density at radius 1 is 1.05 bits per heavy atom. The summed E-state index contributed by atoms with van der Waals surface area (Å²) in [6.45, 7) is 1.88. The van der Waals surface area contributed by atoms with Crippen molar-refractivity contribution in [3.63, 3.8) is 0 Å².